The number of nitrogens with zero attached hydrogens (tertiary/aromatic N) is 4. The molecule has 0 unspecified atom stereocenters. The molecule has 3 aromatic rings. The minimum atomic E-state index is 0.244. The molecular weight excluding hydrogens is 408 g/mol. The van der Waals surface area contributed by atoms with Crippen LogP contribution >= 0.6 is 11.6 Å². The lowest BCUT2D eigenvalue weighted by Gasteiger charge is -2.35. The van der Waals surface area contributed by atoms with E-state index in [1.54, 1.807) is 0 Å². The third-order valence-electron chi connectivity index (χ3n) is 6.83. The van der Waals surface area contributed by atoms with Crippen molar-refractivity contribution in [1.29, 1.82) is 0 Å². The van der Waals surface area contributed by atoms with E-state index in [9.17, 15) is 4.79 Å². The molecule has 1 aromatic carbocycles. The number of fused-ring (bicyclic) bond motifs is 1. The molecule has 6 heteroatoms. The Morgan fingerprint density at radius 1 is 0.903 bits per heavy atom. The Kier molecular flexibility index (Phi) is 5.86. The van der Waals surface area contributed by atoms with Crippen LogP contribution in [0.5, 0.6) is 0 Å². The van der Waals surface area contributed by atoms with Crippen LogP contribution in [0.15, 0.2) is 48.9 Å². The van der Waals surface area contributed by atoms with Gasteiger partial charge in [-0.1, -0.05) is 24.4 Å². The number of likely N-dealkylation sites (tertiary alicyclic amines) is 2. The zero-order valence-corrected chi connectivity index (χ0v) is 18.6. The van der Waals surface area contributed by atoms with E-state index in [1.807, 2.05) is 36.7 Å². The first-order valence-electron chi connectivity index (χ1n) is 11.5. The molecule has 0 N–H and O–H groups in total. The lowest BCUT2D eigenvalue weighted by Crippen LogP contribution is -2.46. The number of carbonyl (C=O) groups is 1. The summed E-state index contributed by atoms with van der Waals surface area (Å²) in [4.78, 5) is 21.5. The van der Waals surface area contributed by atoms with Gasteiger partial charge in [-0.3, -0.25) is 4.98 Å². The fraction of sp³-hybridized carbons (Fsp3) is 0.440. The number of pyridine rings is 1. The van der Waals surface area contributed by atoms with Gasteiger partial charge in [0.25, 0.3) is 0 Å². The molecule has 2 aliphatic heterocycles. The smallest absolute Gasteiger partial charge is 0.319 e. The van der Waals surface area contributed by atoms with E-state index in [0.29, 0.717) is 5.92 Å². The summed E-state index contributed by atoms with van der Waals surface area (Å²) in [5.41, 5.74) is 3.56. The topological polar surface area (TPSA) is 41.4 Å². The molecule has 0 aliphatic carbocycles. The molecule has 0 saturated carbocycles. The number of urea groups is 1. The monoisotopic (exact) mass is 436 g/mol. The number of hydrogen-bond donors (Lipinski definition) is 0. The van der Waals surface area contributed by atoms with Crippen LogP contribution < -0.4 is 0 Å². The number of aromatic nitrogens is 2. The van der Waals surface area contributed by atoms with Crippen molar-refractivity contribution in [2.45, 2.75) is 44.4 Å². The molecule has 162 valence electrons. The number of carbonyl (C=O) groups excluding carboxylic acids is 1. The molecule has 31 heavy (non-hydrogen) atoms. The van der Waals surface area contributed by atoms with Gasteiger partial charge in [0, 0.05) is 54.7 Å². The van der Waals surface area contributed by atoms with E-state index in [-0.39, 0.29) is 6.03 Å². The molecule has 2 saturated heterocycles. The Balaban J connectivity index is 1.35. The maximum Gasteiger partial charge on any atom is 0.319 e. The molecule has 2 aromatic heterocycles. The van der Waals surface area contributed by atoms with Crippen molar-refractivity contribution in [3.05, 3.63) is 59.5 Å². The lowest BCUT2D eigenvalue weighted by molar-refractivity contribution is 0.141. The fourth-order valence-electron chi connectivity index (χ4n) is 5.08. The van der Waals surface area contributed by atoms with Crippen LogP contribution in [-0.4, -0.2) is 51.6 Å². The van der Waals surface area contributed by atoms with E-state index in [2.05, 4.69) is 31.6 Å². The fourth-order valence-corrected chi connectivity index (χ4v) is 5.21. The summed E-state index contributed by atoms with van der Waals surface area (Å²) < 4.78 is 2.21. The molecule has 0 spiro atoms. The van der Waals surface area contributed by atoms with Gasteiger partial charge in [-0.05, 0) is 67.5 Å². The highest BCUT2D eigenvalue weighted by atomic mass is 35.5. The van der Waals surface area contributed by atoms with Gasteiger partial charge in [-0.2, -0.15) is 0 Å². The number of amides is 2. The van der Waals surface area contributed by atoms with Crippen LogP contribution in [0.1, 0.15) is 50.0 Å². The van der Waals surface area contributed by atoms with Crippen LogP contribution in [0.2, 0.25) is 5.02 Å². The normalized spacial score (nSPS) is 18.4. The van der Waals surface area contributed by atoms with Crippen LogP contribution in [0.4, 0.5) is 4.79 Å². The van der Waals surface area contributed by atoms with Crippen LogP contribution in [0.3, 0.4) is 0 Å². The highest BCUT2D eigenvalue weighted by Gasteiger charge is 2.29. The maximum atomic E-state index is 13.0. The summed E-state index contributed by atoms with van der Waals surface area (Å²) in [6.45, 7) is 3.50. The molecule has 5 nitrogen and oxygen atoms in total. The second-order valence-corrected chi connectivity index (χ2v) is 9.21. The summed E-state index contributed by atoms with van der Waals surface area (Å²) in [6.07, 6.45) is 12.8. The standard InChI is InChI=1S/C25H29ClN4O/c26-20-5-7-21(8-6-20)30-18-23(22-9-12-27-17-24(22)30)19-10-15-29(16-11-19)25(31)28-13-3-1-2-4-14-28/h5-9,12,17-19H,1-4,10-11,13-16H2. The average molecular weight is 437 g/mol. The molecule has 0 bridgehead atoms. The van der Waals surface area contributed by atoms with Gasteiger partial charge in [0.15, 0.2) is 0 Å². The minimum absolute atomic E-state index is 0.244. The number of piperidine rings is 1. The van der Waals surface area contributed by atoms with Crippen molar-refractivity contribution in [3.8, 4) is 5.69 Å². The third-order valence-corrected chi connectivity index (χ3v) is 7.08. The van der Waals surface area contributed by atoms with E-state index >= 15 is 0 Å². The summed E-state index contributed by atoms with van der Waals surface area (Å²) in [5.74, 6) is 0.451. The first-order valence-corrected chi connectivity index (χ1v) is 11.8. The lowest BCUT2D eigenvalue weighted by atomic mass is 9.89. The van der Waals surface area contributed by atoms with Gasteiger partial charge in [-0.15, -0.1) is 0 Å². The Bertz CT molecular complexity index is 1050. The second-order valence-electron chi connectivity index (χ2n) is 8.77. The number of hydrogen-bond acceptors (Lipinski definition) is 2. The SMILES string of the molecule is O=C(N1CCCCCC1)N1CCC(c2cn(-c3ccc(Cl)cc3)c3cnccc23)CC1. The third kappa shape index (κ3) is 4.16. The van der Waals surface area contributed by atoms with Crippen molar-refractivity contribution < 1.29 is 4.79 Å². The quantitative estimate of drug-likeness (QED) is 0.505. The van der Waals surface area contributed by atoms with E-state index in [4.69, 9.17) is 11.6 Å². The molecule has 0 radical (unpaired) electrons. The highest BCUT2D eigenvalue weighted by molar-refractivity contribution is 6.30. The van der Waals surface area contributed by atoms with Crippen molar-refractivity contribution >= 4 is 28.5 Å². The summed E-state index contributed by atoms with van der Waals surface area (Å²) in [5, 5.41) is 1.99. The Morgan fingerprint density at radius 3 is 2.29 bits per heavy atom. The van der Waals surface area contributed by atoms with Crippen molar-refractivity contribution in [2.75, 3.05) is 26.2 Å². The maximum absolute atomic E-state index is 13.0. The molecule has 2 amide bonds. The molecule has 4 heterocycles. The van der Waals surface area contributed by atoms with Crippen molar-refractivity contribution in [1.82, 2.24) is 19.4 Å². The summed E-state index contributed by atoms with van der Waals surface area (Å²) >= 11 is 6.09. The van der Waals surface area contributed by atoms with E-state index in [1.165, 1.54) is 23.8 Å². The van der Waals surface area contributed by atoms with Gasteiger partial charge >= 0.3 is 6.03 Å². The second kappa shape index (κ2) is 8.91. The first-order chi connectivity index (χ1) is 15.2. The predicted molar refractivity (Wildman–Crippen MR) is 125 cm³/mol. The minimum Gasteiger partial charge on any atom is -0.325 e. The average Bonchev–Trinajstić information content (AvgIpc) is 2.99. The van der Waals surface area contributed by atoms with E-state index in [0.717, 1.165) is 68.1 Å². The first kappa shape index (κ1) is 20.4. The Morgan fingerprint density at radius 2 is 1.58 bits per heavy atom. The Hall–Kier alpha value is -2.53. The summed E-state index contributed by atoms with van der Waals surface area (Å²) in [7, 11) is 0. The zero-order chi connectivity index (χ0) is 21.2. The molecule has 2 aliphatic rings. The number of halogens is 1. The van der Waals surface area contributed by atoms with Crippen LogP contribution in [0.25, 0.3) is 16.6 Å². The number of benzene rings is 1. The zero-order valence-electron chi connectivity index (χ0n) is 17.8. The number of rotatable bonds is 2. The van der Waals surface area contributed by atoms with Gasteiger partial charge < -0.3 is 14.4 Å². The molecule has 5 rings (SSSR count). The van der Waals surface area contributed by atoms with Gasteiger partial charge in [-0.25, -0.2) is 4.79 Å². The van der Waals surface area contributed by atoms with Crippen molar-refractivity contribution in [2.24, 2.45) is 0 Å². The molecular formula is C25H29ClN4O. The molecule has 2 fully saturated rings. The van der Waals surface area contributed by atoms with Gasteiger partial charge in [0.05, 0.1) is 11.7 Å². The predicted octanol–water partition coefficient (Wildman–Crippen LogP) is 5.85. The van der Waals surface area contributed by atoms with Crippen molar-refractivity contribution in [3.63, 3.8) is 0 Å². The van der Waals surface area contributed by atoms with Crippen LogP contribution in [-0.2, 0) is 0 Å². The van der Waals surface area contributed by atoms with E-state index < -0.39 is 0 Å². The van der Waals surface area contributed by atoms with Crippen LogP contribution in [0, 0.1) is 0 Å². The Labute approximate surface area is 188 Å². The van der Waals surface area contributed by atoms with Gasteiger partial charge in [0.2, 0.25) is 0 Å². The summed E-state index contributed by atoms with van der Waals surface area (Å²) in [6, 6.07) is 10.3. The van der Waals surface area contributed by atoms with Gasteiger partial charge in [0.1, 0.15) is 0 Å². The highest BCUT2D eigenvalue weighted by Crippen LogP contribution is 2.36. The largest absolute Gasteiger partial charge is 0.325 e. The molecule has 0 atom stereocenters.